The Morgan fingerprint density at radius 2 is 1.39 bits per heavy atom. The van der Waals surface area contributed by atoms with Crippen molar-refractivity contribution < 1.29 is 43.2 Å². The van der Waals surface area contributed by atoms with Gasteiger partial charge in [0.2, 0.25) is 11.8 Å². The number of carbonyl (C=O) groups excluding carboxylic acids is 4. The Bertz CT molecular complexity index is 1720. The highest BCUT2D eigenvalue weighted by atomic mass is 16.5. The Balaban J connectivity index is 1.54. The highest BCUT2D eigenvalue weighted by Gasteiger charge is 2.56. The number of nitrogens with one attached hydrogen (secondary N) is 2. The van der Waals surface area contributed by atoms with E-state index in [1.54, 1.807) is 71.6 Å². The lowest BCUT2D eigenvalue weighted by molar-refractivity contribution is -0.151. The quantitative estimate of drug-likeness (QED) is 0.204. The van der Waals surface area contributed by atoms with E-state index >= 15 is 0 Å². The molecule has 2 fully saturated rings. The maximum Gasteiger partial charge on any atom is 0.260 e. The van der Waals surface area contributed by atoms with Crippen molar-refractivity contribution in [2.75, 3.05) is 50.7 Å². The summed E-state index contributed by atoms with van der Waals surface area (Å²) in [5.74, 6) is -4.42. The Hall–Kier alpha value is -5.10. The van der Waals surface area contributed by atoms with Gasteiger partial charge in [-0.1, -0.05) is 30.3 Å². The van der Waals surface area contributed by atoms with Gasteiger partial charge >= 0.3 is 0 Å². The van der Waals surface area contributed by atoms with Crippen LogP contribution in [0.5, 0.6) is 23.0 Å². The lowest BCUT2D eigenvalue weighted by Crippen LogP contribution is -2.56. The number of nitrogens with zero attached hydrogens (tertiary/aromatic N) is 1. The van der Waals surface area contributed by atoms with E-state index < -0.39 is 47.4 Å². The van der Waals surface area contributed by atoms with Crippen LogP contribution in [0.25, 0.3) is 0 Å². The van der Waals surface area contributed by atoms with Gasteiger partial charge in [-0.05, 0) is 82.0 Å². The SMILES string of the molecule is CCOc1ccccc1NC(=O)C1C(=O)CC(C)(O)C(C(=O)Nc2ccccc2OCC)C1c1ccc(OCC(=O)N2CCCCC2)c(OC)c1. The lowest BCUT2D eigenvalue weighted by Gasteiger charge is -2.44. The van der Waals surface area contributed by atoms with Crippen LogP contribution in [-0.2, 0) is 19.2 Å². The van der Waals surface area contributed by atoms with E-state index in [0.29, 0.717) is 54.7 Å². The molecule has 1 aliphatic carbocycles. The molecule has 2 aliphatic rings. The van der Waals surface area contributed by atoms with Crippen LogP contribution in [0.1, 0.15) is 57.9 Å². The first-order valence-corrected chi connectivity index (χ1v) is 17.5. The summed E-state index contributed by atoms with van der Waals surface area (Å²) in [6.07, 6.45) is 2.54. The second kappa shape index (κ2) is 16.7. The third-order valence-corrected chi connectivity index (χ3v) is 9.35. The van der Waals surface area contributed by atoms with Gasteiger partial charge in [0.1, 0.15) is 23.2 Å². The summed E-state index contributed by atoms with van der Waals surface area (Å²) >= 11 is 0. The Morgan fingerprint density at radius 1 is 0.804 bits per heavy atom. The summed E-state index contributed by atoms with van der Waals surface area (Å²) < 4.78 is 23.0. The number of piperidine rings is 1. The van der Waals surface area contributed by atoms with Gasteiger partial charge in [0.25, 0.3) is 5.91 Å². The maximum atomic E-state index is 14.4. The molecule has 5 rings (SSSR count). The van der Waals surface area contributed by atoms with E-state index in [2.05, 4.69) is 10.6 Å². The monoisotopic (exact) mass is 701 g/mol. The molecule has 0 spiro atoms. The van der Waals surface area contributed by atoms with Gasteiger partial charge in [-0.15, -0.1) is 0 Å². The summed E-state index contributed by atoms with van der Waals surface area (Å²) in [5.41, 5.74) is -0.733. The number of ketones is 1. The molecule has 272 valence electrons. The second-order valence-electron chi connectivity index (χ2n) is 13.0. The second-order valence-corrected chi connectivity index (χ2v) is 13.0. The van der Waals surface area contributed by atoms with E-state index in [-0.39, 0.29) is 24.0 Å². The molecule has 3 N–H and O–H groups in total. The number of Topliss-reactive ketones (excluding diaryl/α,β-unsaturated/α-hetero) is 1. The van der Waals surface area contributed by atoms with Gasteiger partial charge in [0.15, 0.2) is 18.1 Å². The topological polar surface area (TPSA) is 153 Å². The average molecular weight is 702 g/mol. The lowest BCUT2D eigenvalue weighted by atomic mass is 9.61. The molecule has 51 heavy (non-hydrogen) atoms. The van der Waals surface area contributed by atoms with Gasteiger partial charge in [-0.2, -0.15) is 0 Å². The van der Waals surface area contributed by atoms with Crippen molar-refractivity contribution in [3.05, 3.63) is 72.3 Å². The van der Waals surface area contributed by atoms with Gasteiger partial charge in [0.05, 0.1) is 43.2 Å². The number of carbonyl (C=O) groups is 4. The molecular weight excluding hydrogens is 654 g/mol. The highest BCUT2D eigenvalue weighted by Crippen LogP contribution is 2.48. The van der Waals surface area contributed by atoms with Gasteiger partial charge < -0.3 is 39.6 Å². The van der Waals surface area contributed by atoms with Crippen molar-refractivity contribution in [1.29, 1.82) is 0 Å². The summed E-state index contributed by atoms with van der Waals surface area (Å²) in [6.45, 7) is 6.95. The molecule has 1 saturated heterocycles. The number of anilines is 2. The number of benzene rings is 3. The fourth-order valence-corrected chi connectivity index (χ4v) is 7.00. The minimum Gasteiger partial charge on any atom is -0.493 e. The van der Waals surface area contributed by atoms with Crippen LogP contribution in [0.4, 0.5) is 11.4 Å². The first-order valence-electron chi connectivity index (χ1n) is 17.5. The average Bonchev–Trinajstić information content (AvgIpc) is 3.12. The van der Waals surface area contributed by atoms with Gasteiger partial charge in [-0.3, -0.25) is 19.2 Å². The van der Waals surface area contributed by atoms with Crippen molar-refractivity contribution in [2.24, 2.45) is 11.8 Å². The van der Waals surface area contributed by atoms with Crippen LogP contribution in [0.2, 0.25) is 0 Å². The van der Waals surface area contributed by atoms with Crippen LogP contribution >= 0.6 is 0 Å². The van der Waals surface area contributed by atoms with Crippen molar-refractivity contribution >= 4 is 34.9 Å². The summed E-state index contributed by atoms with van der Waals surface area (Å²) in [6, 6.07) is 18.6. The summed E-state index contributed by atoms with van der Waals surface area (Å²) in [4.78, 5) is 57.2. The standard InChI is InChI=1S/C39H47N3O9/c1-5-49-29-16-10-8-14-26(29)40-37(45)35-28(43)23-39(3,47)36(38(46)41-27-15-9-11-17-30(27)50-6-2)34(35)25-18-19-31(32(22-25)48-4)51-24-33(44)42-20-12-7-13-21-42/h8-11,14-19,22,34-36,47H,5-7,12-13,20-21,23-24H2,1-4H3,(H,40,45)(H,41,46). The normalized spacial score (nSPS) is 21.7. The van der Waals surface area contributed by atoms with E-state index in [4.69, 9.17) is 18.9 Å². The number of para-hydroxylation sites is 4. The number of hydrogen-bond donors (Lipinski definition) is 3. The molecule has 3 aromatic rings. The molecule has 3 aromatic carbocycles. The highest BCUT2D eigenvalue weighted by molar-refractivity contribution is 6.11. The Kier molecular flexibility index (Phi) is 12.2. The molecule has 12 nitrogen and oxygen atoms in total. The molecule has 12 heteroatoms. The number of likely N-dealkylation sites (tertiary alicyclic amines) is 1. The van der Waals surface area contributed by atoms with E-state index in [1.807, 2.05) is 13.8 Å². The number of aliphatic hydroxyl groups is 1. The minimum atomic E-state index is -1.85. The minimum absolute atomic E-state index is 0.136. The third kappa shape index (κ3) is 8.62. The van der Waals surface area contributed by atoms with Crippen molar-refractivity contribution in [3.8, 4) is 23.0 Å². The van der Waals surface area contributed by atoms with E-state index in [1.165, 1.54) is 14.0 Å². The molecular formula is C39H47N3O9. The molecule has 0 bridgehead atoms. The van der Waals surface area contributed by atoms with Crippen LogP contribution in [0.15, 0.2) is 66.7 Å². The summed E-state index contributed by atoms with van der Waals surface area (Å²) in [7, 11) is 1.43. The first kappa shape index (κ1) is 37.2. The predicted octanol–water partition coefficient (Wildman–Crippen LogP) is 5.20. The number of amides is 3. The zero-order valence-electron chi connectivity index (χ0n) is 29.6. The first-order chi connectivity index (χ1) is 24.6. The van der Waals surface area contributed by atoms with Crippen molar-refractivity contribution in [2.45, 2.75) is 58.0 Å². The van der Waals surface area contributed by atoms with Crippen LogP contribution < -0.4 is 29.6 Å². The molecule has 1 aliphatic heterocycles. The zero-order chi connectivity index (χ0) is 36.5. The number of hydrogen-bond acceptors (Lipinski definition) is 9. The van der Waals surface area contributed by atoms with Crippen LogP contribution in [0.3, 0.4) is 0 Å². The number of methoxy groups -OCH3 is 1. The van der Waals surface area contributed by atoms with E-state index in [9.17, 15) is 24.3 Å². The fourth-order valence-electron chi connectivity index (χ4n) is 7.00. The largest absolute Gasteiger partial charge is 0.493 e. The molecule has 1 heterocycles. The van der Waals surface area contributed by atoms with Gasteiger partial charge in [-0.25, -0.2) is 0 Å². The van der Waals surface area contributed by atoms with Crippen molar-refractivity contribution in [3.63, 3.8) is 0 Å². The maximum absolute atomic E-state index is 14.4. The molecule has 1 saturated carbocycles. The number of ether oxygens (including phenoxy) is 4. The smallest absolute Gasteiger partial charge is 0.260 e. The molecule has 0 aromatic heterocycles. The predicted molar refractivity (Wildman–Crippen MR) is 191 cm³/mol. The molecule has 4 unspecified atom stereocenters. The molecule has 3 amide bonds. The summed E-state index contributed by atoms with van der Waals surface area (Å²) in [5, 5.41) is 17.6. The van der Waals surface area contributed by atoms with E-state index in [0.717, 1.165) is 19.3 Å². The fraction of sp³-hybridized carbons (Fsp3) is 0.436. The molecule has 0 radical (unpaired) electrons. The molecule has 4 atom stereocenters. The van der Waals surface area contributed by atoms with Crippen LogP contribution in [-0.4, -0.2) is 79.1 Å². The number of rotatable bonds is 13. The van der Waals surface area contributed by atoms with Gasteiger partial charge in [0, 0.05) is 25.4 Å². The van der Waals surface area contributed by atoms with Crippen molar-refractivity contribution in [1.82, 2.24) is 4.90 Å². The van der Waals surface area contributed by atoms with Crippen LogP contribution in [0, 0.1) is 11.8 Å². The Labute approximate surface area is 298 Å². The Morgan fingerprint density at radius 3 is 1.98 bits per heavy atom. The zero-order valence-corrected chi connectivity index (χ0v) is 29.6. The third-order valence-electron chi connectivity index (χ3n) is 9.35.